The molecule has 0 aliphatic rings. The molecule has 0 spiro atoms. The van der Waals surface area contributed by atoms with Crippen molar-refractivity contribution in [1.82, 2.24) is 0 Å². The van der Waals surface area contributed by atoms with E-state index < -0.39 is 0 Å². The summed E-state index contributed by atoms with van der Waals surface area (Å²) in [6.45, 7) is 1.83. The Bertz CT molecular complexity index is 1240. The second-order valence-corrected chi connectivity index (χ2v) is 7.83. The Balaban J connectivity index is 1.65. The average Bonchev–Trinajstić information content (AvgIpc) is 3.04. The van der Waals surface area contributed by atoms with Crippen molar-refractivity contribution in [1.29, 1.82) is 0 Å². The average molecular weight is 469 g/mol. The molecule has 4 rings (SSSR count). The van der Waals surface area contributed by atoms with Gasteiger partial charge < -0.3 is 9.73 Å². The summed E-state index contributed by atoms with van der Waals surface area (Å²) in [5.41, 5.74) is 2.96. The van der Waals surface area contributed by atoms with Crippen LogP contribution in [-0.2, 0) is 0 Å². The number of halogens is 2. The van der Waals surface area contributed by atoms with Crippen molar-refractivity contribution >= 4 is 55.9 Å². The van der Waals surface area contributed by atoms with E-state index in [1.54, 1.807) is 48.5 Å². The molecule has 0 radical (unpaired) electrons. The summed E-state index contributed by atoms with van der Waals surface area (Å²) in [4.78, 5) is 25.4. The lowest BCUT2D eigenvalue weighted by molar-refractivity contribution is 0.101. The van der Waals surface area contributed by atoms with Crippen LogP contribution in [0.5, 0.6) is 0 Å². The van der Waals surface area contributed by atoms with E-state index in [2.05, 4.69) is 21.2 Å². The van der Waals surface area contributed by atoms with Gasteiger partial charge in [-0.05, 0) is 77.5 Å². The molecule has 144 valence electrons. The Hall–Kier alpha value is -2.89. The van der Waals surface area contributed by atoms with Gasteiger partial charge in [-0.2, -0.15) is 0 Å². The maximum Gasteiger partial charge on any atom is 0.256 e. The van der Waals surface area contributed by atoms with Crippen LogP contribution in [-0.4, -0.2) is 11.7 Å². The summed E-state index contributed by atoms with van der Waals surface area (Å²) in [6.07, 6.45) is 0. The van der Waals surface area contributed by atoms with E-state index in [9.17, 15) is 9.59 Å². The Morgan fingerprint density at radius 2 is 1.72 bits per heavy atom. The molecule has 29 heavy (non-hydrogen) atoms. The molecule has 1 aromatic heterocycles. The molecular formula is C23H15BrClNO3. The largest absolute Gasteiger partial charge is 0.452 e. The summed E-state index contributed by atoms with van der Waals surface area (Å²) in [6, 6.07) is 19.2. The van der Waals surface area contributed by atoms with E-state index >= 15 is 0 Å². The molecular weight excluding hydrogens is 454 g/mol. The monoisotopic (exact) mass is 467 g/mol. The molecule has 0 atom stereocenters. The SMILES string of the molecule is Cc1c(C(=O)c2ccc(Cl)cc2)oc2ccc(NC(=O)c3ccccc3Br)cc12. The van der Waals surface area contributed by atoms with Crippen molar-refractivity contribution in [3.63, 3.8) is 0 Å². The fraction of sp³-hybridized carbons (Fsp3) is 0.0435. The Labute approximate surface area is 180 Å². The molecule has 1 N–H and O–H groups in total. The number of rotatable bonds is 4. The van der Waals surface area contributed by atoms with Crippen LogP contribution in [0.4, 0.5) is 5.69 Å². The lowest BCUT2D eigenvalue weighted by atomic mass is 10.0. The highest BCUT2D eigenvalue weighted by Gasteiger charge is 2.20. The maximum atomic E-state index is 12.8. The Morgan fingerprint density at radius 1 is 1.00 bits per heavy atom. The van der Waals surface area contributed by atoms with Gasteiger partial charge in [-0.25, -0.2) is 0 Å². The number of hydrogen-bond donors (Lipinski definition) is 1. The molecule has 0 unspecified atom stereocenters. The molecule has 4 aromatic rings. The van der Waals surface area contributed by atoms with E-state index in [1.165, 1.54) is 0 Å². The molecule has 0 saturated heterocycles. The minimum Gasteiger partial charge on any atom is -0.452 e. The molecule has 1 heterocycles. The first-order chi connectivity index (χ1) is 13.9. The third kappa shape index (κ3) is 3.84. The highest BCUT2D eigenvalue weighted by molar-refractivity contribution is 9.10. The molecule has 4 nitrogen and oxygen atoms in total. The normalized spacial score (nSPS) is 10.9. The number of nitrogens with one attached hydrogen (secondary N) is 1. The van der Waals surface area contributed by atoms with Crippen molar-refractivity contribution < 1.29 is 14.0 Å². The second-order valence-electron chi connectivity index (χ2n) is 6.54. The highest BCUT2D eigenvalue weighted by atomic mass is 79.9. The number of aryl methyl sites for hydroxylation is 1. The van der Waals surface area contributed by atoms with Gasteiger partial charge in [0, 0.05) is 31.7 Å². The molecule has 3 aromatic carbocycles. The number of furan rings is 1. The van der Waals surface area contributed by atoms with Gasteiger partial charge in [-0.1, -0.05) is 23.7 Å². The van der Waals surface area contributed by atoms with Gasteiger partial charge in [-0.3, -0.25) is 9.59 Å². The van der Waals surface area contributed by atoms with Gasteiger partial charge in [0.2, 0.25) is 5.78 Å². The molecule has 6 heteroatoms. The number of carbonyl (C=O) groups excluding carboxylic acids is 2. The Morgan fingerprint density at radius 3 is 2.45 bits per heavy atom. The topological polar surface area (TPSA) is 59.3 Å². The van der Waals surface area contributed by atoms with E-state index in [1.807, 2.05) is 25.1 Å². The van der Waals surface area contributed by atoms with E-state index in [-0.39, 0.29) is 17.5 Å². The fourth-order valence-electron chi connectivity index (χ4n) is 3.09. The number of amides is 1. The fourth-order valence-corrected chi connectivity index (χ4v) is 3.68. The van der Waals surface area contributed by atoms with Crippen LogP contribution >= 0.6 is 27.5 Å². The number of fused-ring (bicyclic) bond motifs is 1. The first kappa shape index (κ1) is 19.4. The molecule has 0 saturated carbocycles. The summed E-state index contributed by atoms with van der Waals surface area (Å²) >= 11 is 9.28. The molecule has 1 amide bonds. The molecule has 0 fully saturated rings. The summed E-state index contributed by atoms with van der Waals surface area (Å²) < 4.78 is 6.52. The van der Waals surface area contributed by atoms with Gasteiger partial charge in [0.1, 0.15) is 5.58 Å². The minimum atomic E-state index is -0.226. The zero-order chi connectivity index (χ0) is 20.5. The zero-order valence-electron chi connectivity index (χ0n) is 15.3. The van der Waals surface area contributed by atoms with Crippen LogP contribution in [0, 0.1) is 6.92 Å². The van der Waals surface area contributed by atoms with Crippen molar-refractivity contribution in [2.24, 2.45) is 0 Å². The third-order valence-electron chi connectivity index (χ3n) is 4.63. The number of benzene rings is 3. The predicted octanol–water partition coefficient (Wildman–Crippen LogP) is 6.64. The summed E-state index contributed by atoms with van der Waals surface area (Å²) in [5.74, 6) is -0.166. The summed E-state index contributed by atoms with van der Waals surface area (Å²) in [5, 5.41) is 4.22. The number of ketones is 1. The maximum absolute atomic E-state index is 12.8. The van der Waals surface area contributed by atoms with Crippen LogP contribution < -0.4 is 5.32 Å². The zero-order valence-corrected chi connectivity index (χ0v) is 17.7. The van der Waals surface area contributed by atoms with Crippen LogP contribution in [0.25, 0.3) is 11.0 Å². The third-order valence-corrected chi connectivity index (χ3v) is 5.57. The number of hydrogen-bond acceptors (Lipinski definition) is 3. The van der Waals surface area contributed by atoms with Crippen molar-refractivity contribution in [2.45, 2.75) is 6.92 Å². The van der Waals surface area contributed by atoms with E-state index in [4.69, 9.17) is 16.0 Å². The number of carbonyl (C=O) groups is 2. The van der Waals surface area contributed by atoms with E-state index in [0.717, 1.165) is 10.9 Å². The predicted molar refractivity (Wildman–Crippen MR) is 118 cm³/mol. The lowest BCUT2D eigenvalue weighted by Gasteiger charge is -2.07. The van der Waals surface area contributed by atoms with Crippen LogP contribution in [0.3, 0.4) is 0 Å². The van der Waals surface area contributed by atoms with Crippen molar-refractivity contribution in [3.8, 4) is 0 Å². The summed E-state index contributed by atoms with van der Waals surface area (Å²) in [7, 11) is 0. The smallest absolute Gasteiger partial charge is 0.256 e. The van der Waals surface area contributed by atoms with Crippen LogP contribution in [0.1, 0.15) is 32.0 Å². The Kier molecular flexibility index (Phi) is 5.26. The van der Waals surface area contributed by atoms with Gasteiger partial charge >= 0.3 is 0 Å². The first-order valence-electron chi connectivity index (χ1n) is 8.83. The molecule has 0 bridgehead atoms. The van der Waals surface area contributed by atoms with Gasteiger partial charge in [0.05, 0.1) is 5.56 Å². The number of anilines is 1. The van der Waals surface area contributed by atoms with E-state index in [0.29, 0.717) is 31.9 Å². The minimum absolute atomic E-state index is 0.214. The lowest BCUT2D eigenvalue weighted by Crippen LogP contribution is -2.12. The quantitative estimate of drug-likeness (QED) is 0.342. The van der Waals surface area contributed by atoms with Crippen molar-refractivity contribution in [3.05, 3.63) is 98.7 Å². The highest BCUT2D eigenvalue weighted by Crippen LogP contribution is 2.30. The molecule has 0 aliphatic carbocycles. The second kappa shape index (κ2) is 7.85. The standard InChI is InChI=1S/C23H15BrClNO3/c1-13-18-12-16(26-23(28)17-4-2-3-5-19(17)24)10-11-20(18)29-22(13)21(27)14-6-8-15(25)9-7-14/h2-12H,1H3,(H,26,28). The van der Waals surface area contributed by atoms with Crippen LogP contribution in [0.15, 0.2) is 75.6 Å². The van der Waals surface area contributed by atoms with Crippen molar-refractivity contribution in [2.75, 3.05) is 5.32 Å². The van der Waals surface area contributed by atoms with Gasteiger partial charge in [0.15, 0.2) is 5.76 Å². The van der Waals surface area contributed by atoms with Crippen LogP contribution in [0.2, 0.25) is 5.02 Å². The van der Waals surface area contributed by atoms with Gasteiger partial charge in [-0.15, -0.1) is 0 Å². The molecule has 0 aliphatic heterocycles. The first-order valence-corrected chi connectivity index (χ1v) is 10.0. The van der Waals surface area contributed by atoms with Gasteiger partial charge in [0.25, 0.3) is 5.91 Å².